The molecule has 0 radical (unpaired) electrons. The first-order valence-electron chi connectivity index (χ1n) is 23.9. The number of hydrogen-bond donors (Lipinski definition) is 5. The molecule has 16 atom stereocenters. The largest absolute Gasteiger partial charge is 0.405 e. The summed E-state index contributed by atoms with van der Waals surface area (Å²) in [5, 5.41) is 60.4. The first-order valence-corrected chi connectivity index (χ1v) is 25.8. The second-order valence-corrected chi connectivity index (χ2v) is 27.4. The normalized spacial score (nSPS) is 41.6. The van der Waals surface area contributed by atoms with Gasteiger partial charge in [-0.25, -0.2) is 0 Å². The van der Waals surface area contributed by atoms with Crippen LogP contribution < -0.4 is 5.19 Å². The molecule has 1 heterocycles. The fourth-order valence-electron chi connectivity index (χ4n) is 14.7. The van der Waals surface area contributed by atoms with Crippen molar-refractivity contribution in [2.75, 3.05) is 6.61 Å². The summed E-state index contributed by atoms with van der Waals surface area (Å²) < 4.78 is 21.0. The van der Waals surface area contributed by atoms with E-state index in [2.05, 4.69) is 107 Å². The van der Waals surface area contributed by atoms with E-state index in [1.54, 1.807) is 0 Å². The Morgan fingerprint density at radius 3 is 2.15 bits per heavy atom. The number of allylic oxidation sites excluding steroid dienone is 7. The summed E-state index contributed by atoms with van der Waals surface area (Å²) in [4.78, 5) is 0. The van der Waals surface area contributed by atoms with Crippen LogP contribution in [0.4, 0.5) is 0 Å². The van der Waals surface area contributed by atoms with Gasteiger partial charge in [-0.3, -0.25) is 0 Å². The van der Waals surface area contributed by atoms with Crippen LogP contribution in [0.1, 0.15) is 141 Å². The van der Waals surface area contributed by atoms with Gasteiger partial charge in [-0.15, -0.1) is 0 Å². The number of aliphatic hydroxyl groups is 5. The molecule has 1 saturated heterocycles. The molecule has 5 aliphatic rings. The maximum absolute atomic E-state index is 12.6. The fourth-order valence-corrected chi connectivity index (χ4v) is 19.2. The zero-order valence-electron chi connectivity index (χ0n) is 40.4. The van der Waals surface area contributed by atoms with Gasteiger partial charge in [0.1, 0.15) is 24.4 Å². The van der Waals surface area contributed by atoms with Crippen LogP contribution in [0, 0.1) is 45.3 Å². The van der Waals surface area contributed by atoms with Gasteiger partial charge in [0.05, 0.1) is 24.4 Å². The number of fused-ring (bicyclic) bond motifs is 5. The molecular weight excluding hydrogens is 793 g/mol. The van der Waals surface area contributed by atoms with Gasteiger partial charge in [-0.1, -0.05) is 128 Å². The zero-order chi connectivity index (χ0) is 45.8. The van der Waals surface area contributed by atoms with E-state index in [0.717, 1.165) is 61.7 Å². The molecule has 4 saturated carbocycles. The summed E-state index contributed by atoms with van der Waals surface area (Å²) in [6.45, 7) is 30.9. The maximum Gasteiger partial charge on any atom is 0.261 e. The van der Waals surface area contributed by atoms with Crippen molar-refractivity contribution >= 4 is 13.5 Å². The fraction of sp³-hybridized carbons (Fsp3) is 0.736. The highest BCUT2D eigenvalue weighted by Gasteiger charge is 2.71. The third kappa shape index (κ3) is 8.18. The van der Waals surface area contributed by atoms with Gasteiger partial charge in [0.15, 0.2) is 6.29 Å². The molecule has 1 aromatic carbocycles. The summed E-state index contributed by atoms with van der Waals surface area (Å²) in [6, 6.07) is 10.2. The van der Waals surface area contributed by atoms with Gasteiger partial charge in [0.2, 0.25) is 0 Å². The second-order valence-electron chi connectivity index (χ2n) is 23.1. The molecule has 6 rings (SSSR count). The van der Waals surface area contributed by atoms with Gasteiger partial charge in [-0.2, -0.15) is 0 Å². The third-order valence-corrected chi connectivity index (χ3v) is 23.2. The highest BCUT2D eigenvalue weighted by molar-refractivity contribution is 6.95. The molecule has 4 aliphatic carbocycles. The van der Waals surface area contributed by atoms with E-state index in [1.807, 2.05) is 43.4 Å². The van der Waals surface area contributed by atoms with E-state index in [9.17, 15) is 25.5 Å². The van der Waals surface area contributed by atoms with Crippen LogP contribution in [0.15, 0.2) is 78.1 Å². The molecule has 1 aromatic rings. The minimum atomic E-state index is -3.13. The molecule has 5 N–H and O–H groups in total. The minimum Gasteiger partial charge on any atom is -0.405 e. The number of ether oxygens (including phenoxy) is 2. The maximum atomic E-state index is 12.6. The van der Waals surface area contributed by atoms with Gasteiger partial charge in [0, 0.05) is 0 Å². The van der Waals surface area contributed by atoms with Crippen LogP contribution in [0.25, 0.3) is 0 Å². The van der Waals surface area contributed by atoms with Crippen molar-refractivity contribution in [1.29, 1.82) is 0 Å². The molecule has 8 nitrogen and oxygen atoms in total. The predicted molar refractivity (Wildman–Crippen MR) is 252 cm³/mol. The van der Waals surface area contributed by atoms with Crippen LogP contribution in [0.2, 0.25) is 5.04 Å². The van der Waals surface area contributed by atoms with E-state index >= 15 is 0 Å². The average Bonchev–Trinajstić information content (AvgIpc) is 3.59. The molecule has 9 heteroatoms. The smallest absolute Gasteiger partial charge is 0.261 e. The van der Waals surface area contributed by atoms with Crippen molar-refractivity contribution in [2.24, 2.45) is 45.3 Å². The Morgan fingerprint density at radius 2 is 1.53 bits per heavy atom. The molecule has 0 aromatic heterocycles. The lowest BCUT2D eigenvalue weighted by Gasteiger charge is -2.70. The summed E-state index contributed by atoms with van der Waals surface area (Å²) in [7, 11) is -3.13. The lowest BCUT2D eigenvalue weighted by molar-refractivity contribution is -0.335. The average molecular weight is 877 g/mol. The Balaban J connectivity index is 1.33. The van der Waals surface area contributed by atoms with Crippen molar-refractivity contribution < 1.29 is 39.4 Å². The highest BCUT2D eigenvalue weighted by atomic mass is 28.4. The molecule has 1 aliphatic heterocycles. The minimum absolute atomic E-state index is 0.0169. The lowest BCUT2D eigenvalue weighted by atomic mass is 9.35. The summed E-state index contributed by atoms with van der Waals surface area (Å²) >= 11 is 0. The van der Waals surface area contributed by atoms with E-state index in [-0.39, 0.29) is 51.2 Å². The van der Waals surface area contributed by atoms with Crippen LogP contribution in [-0.4, -0.2) is 89.0 Å². The van der Waals surface area contributed by atoms with Crippen molar-refractivity contribution in [3.8, 4) is 0 Å². The quantitative estimate of drug-likeness (QED) is 0.0755. The first kappa shape index (κ1) is 49.5. The Bertz CT molecular complexity index is 1820. The van der Waals surface area contributed by atoms with Crippen molar-refractivity contribution in [3.63, 3.8) is 0 Å². The Kier molecular flexibility index (Phi) is 14.4. The molecular formula is C53H84O8Si. The monoisotopic (exact) mass is 877 g/mol. The number of rotatable bonds is 13. The molecule has 348 valence electrons. The molecule has 62 heavy (non-hydrogen) atoms. The topological polar surface area (TPSA) is 129 Å². The van der Waals surface area contributed by atoms with Crippen molar-refractivity contribution in [3.05, 3.63) is 78.1 Å². The van der Waals surface area contributed by atoms with Gasteiger partial charge < -0.3 is 39.4 Å². The van der Waals surface area contributed by atoms with Crippen LogP contribution in [-0.2, 0) is 13.9 Å². The van der Waals surface area contributed by atoms with Gasteiger partial charge >= 0.3 is 0 Å². The van der Waals surface area contributed by atoms with Crippen molar-refractivity contribution in [1.82, 2.24) is 0 Å². The number of aliphatic hydroxyl groups excluding tert-OH is 5. The van der Waals surface area contributed by atoms with E-state index in [0.29, 0.717) is 18.3 Å². The van der Waals surface area contributed by atoms with Crippen LogP contribution in [0.5, 0.6) is 0 Å². The van der Waals surface area contributed by atoms with E-state index in [4.69, 9.17) is 13.9 Å². The third-order valence-electron chi connectivity index (χ3n) is 18.2. The molecule has 0 bridgehead atoms. The Morgan fingerprint density at radius 1 is 0.871 bits per heavy atom. The summed E-state index contributed by atoms with van der Waals surface area (Å²) in [5.41, 5.74) is 0.00321. The molecule has 0 spiro atoms. The highest BCUT2D eigenvalue weighted by Crippen LogP contribution is 2.76. The molecule has 5 fully saturated rings. The van der Waals surface area contributed by atoms with E-state index < -0.39 is 50.7 Å². The Hall–Kier alpha value is -1.92. The number of hydrogen-bond acceptors (Lipinski definition) is 8. The lowest BCUT2D eigenvalue weighted by Crippen LogP contribution is -2.67. The molecule has 4 unspecified atom stereocenters. The van der Waals surface area contributed by atoms with Gasteiger partial charge in [0.25, 0.3) is 8.32 Å². The van der Waals surface area contributed by atoms with Crippen LogP contribution >= 0.6 is 0 Å². The Labute approximate surface area is 376 Å². The standard InChI is InChI=1S/C53H84O8Si/c1-14-16-22-35(15-2)62(48(5,6)7,36-23-18-17-19-24-36)59-33-39-44(56)45(57)46(58)47(60-39)61-53(13,28-20-21-34(3)4)37-25-30-52(12)43(37)38(54)32-41-50(10)29-27-42(55)49(8,9)40(50)26-31-51(41,52)11/h14-19,21-24,37-47,54-58H,2,20,25-33H2,1,3-13H3/b16-14-,35-22+/t37?,38-,39-,40+,41?,42+,43?,44-,45+,46-,47+,50+,51-,52-,53+,62?/m1/s1. The second kappa shape index (κ2) is 18.0. The zero-order valence-corrected chi connectivity index (χ0v) is 41.4. The summed E-state index contributed by atoms with van der Waals surface area (Å²) in [5.74, 6) is 0.604. The van der Waals surface area contributed by atoms with Gasteiger partial charge in [-0.05, 0) is 146 Å². The number of benzene rings is 1. The summed E-state index contributed by atoms with van der Waals surface area (Å²) in [6.07, 6.45) is 10.4. The van der Waals surface area contributed by atoms with Crippen molar-refractivity contribution in [2.45, 2.75) is 194 Å². The van der Waals surface area contributed by atoms with E-state index in [1.165, 1.54) is 5.57 Å². The predicted octanol–water partition coefficient (Wildman–Crippen LogP) is 9.23. The first-order chi connectivity index (χ1) is 28.9. The SMILES string of the molecule is C=C/C(=C\C=C/C)[Si](OC[C@H]1O[C@@H](O[C@@](C)(CCC=C(C)C)C2CC[C@]3(C)C2[C@H](O)CC2[C@@]4(C)CC[C@H](O)C(C)(C)[C@@H]4CC[C@]23C)[C@H](O)[C@@H](O)[C@@H]1O)(c1ccccc1)C(C)(C)C. The van der Waals surface area contributed by atoms with Crippen LogP contribution in [0.3, 0.4) is 0 Å². The molecule has 0 amide bonds.